The highest BCUT2D eigenvalue weighted by molar-refractivity contribution is 5.75. The van der Waals surface area contributed by atoms with Crippen molar-refractivity contribution in [3.63, 3.8) is 0 Å². The molecule has 25 heavy (non-hydrogen) atoms. The van der Waals surface area contributed by atoms with E-state index in [0.29, 0.717) is 38.3 Å². The van der Waals surface area contributed by atoms with Gasteiger partial charge < -0.3 is 10.6 Å². The molecule has 0 saturated carbocycles. The number of hydroxylamine groups is 2. The number of nitrogen functional groups attached to an aromatic ring is 1. The van der Waals surface area contributed by atoms with Gasteiger partial charge in [0.2, 0.25) is 0 Å². The fourth-order valence-electron chi connectivity index (χ4n) is 2.39. The number of benzene rings is 1. The van der Waals surface area contributed by atoms with Crippen LogP contribution in [0.2, 0.25) is 0 Å². The second-order valence-electron chi connectivity index (χ2n) is 7.25. The van der Waals surface area contributed by atoms with Crippen LogP contribution in [0.25, 0.3) is 0 Å². The van der Waals surface area contributed by atoms with Gasteiger partial charge in [-0.3, -0.25) is 4.90 Å². The molecule has 1 aromatic rings. The number of nitrogens with two attached hydrogens (primary N) is 1. The third-order valence-electron chi connectivity index (χ3n) is 4.02. The van der Waals surface area contributed by atoms with Gasteiger partial charge in [0, 0.05) is 38.4 Å². The molecule has 140 valence electrons. The standard InChI is InChI=1S/C17H24F3N3O2/c1-16(2,3)15(24)25-23-8-6-22(7-9-23)11-12-4-5-13(10-14(12)21)17(18,19)20/h4-5,10H,6-9,11,21H2,1-3H3. The van der Waals surface area contributed by atoms with Crippen molar-refractivity contribution in [1.82, 2.24) is 9.96 Å². The van der Waals surface area contributed by atoms with E-state index < -0.39 is 17.2 Å². The third-order valence-corrected chi connectivity index (χ3v) is 4.02. The molecule has 1 aliphatic rings. The van der Waals surface area contributed by atoms with Gasteiger partial charge in [-0.15, -0.1) is 5.06 Å². The summed E-state index contributed by atoms with van der Waals surface area (Å²) in [6, 6.07) is 3.44. The first-order valence-corrected chi connectivity index (χ1v) is 8.12. The molecule has 0 spiro atoms. The van der Waals surface area contributed by atoms with Gasteiger partial charge >= 0.3 is 12.1 Å². The fraction of sp³-hybridized carbons (Fsp3) is 0.588. The minimum atomic E-state index is -4.39. The lowest BCUT2D eigenvalue weighted by Crippen LogP contribution is -2.47. The highest BCUT2D eigenvalue weighted by atomic mass is 19.4. The van der Waals surface area contributed by atoms with E-state index in [0.717, 1.165) is 12.1 Å². The van der Waals surface area contributed by atoms with Crippen molar-refractivity contribution in [2.24, 2.45) is 5.41 Å². The van der Waals surface area contributed by atoms with Crippen molar-refractivity contribution in [3.05, 3.63) is 29.3 Å². The van der Waals surface area contributed by atoms with Crippen LogP contribution in [0.1, 0.15) is 31.9 Å². The number of alkyl halides is 3. The van der Waals surface area contributed by atoms with Crippen LogP contribution in [0.4, 0.5) is 18.9 Å². The second-order valence-corrected chi connectivity index (χ2v) is 7.25. The molecule has 1 fully saturated rings. The zero-order valence-corrected chi connectivity index (χ0v) is 14.7. The summed E-state index contributed by atoms with van der Waals surface area (Å²) >= 11 is 0. The number of piperazine rings is 1. The number of rotatable bonds is 3. The van der Waals surface area contributed by atoms with E-state index >= 15 is 0 Å². The quantitative estimate of drug-likeness (QED) is 0.841. The topological polar surface area (TPSA) is 58.8 Å². The summed E-state index contributed by atoms with van der Waals surface area (Å²) in [5.74, 6) is -0.284. The summed E-state index contributed by atoms with van der Waals surface area (Å²) < 4.78 is 38.0. The first kappa shape index (κ1) is 19.5. The smallest absolute Gasteiger partial charge is 0.398 e. The molecule has 5 nitrogen and oxygen atoms in total. The van der Waals surface area contributed by atoms with E-state index in [1.165, 1.54) is 6.07 Å². The molecule has 2 rings (SSSR count). The molecule has 1 aliphatic heterocycles. The van der Waals surface area contributed by atoms with Crippen molar-refractivity contribution in [2.75, 3.05) is 31.9 Å². The van der Waals surface area contributed by atoms with Crippen molar-refractivity contribution in [1.29, 1.82) is 0 Å². The van der Waals surface area contributed by atoms with Crippen LogP contribution in [-0.2, 0) is 22.4 Å². The summed E-state index contributed by atoms with van der Waals surface area (Å²) in [6.07, 6.45) is -4.39. The molecule has 0 aromatic heterocycles. The van der Waals surface area contributed by atoms with Gasteiger partial charge in [0.25, 0.3) is 0 Å². The Kier molecular flexibility index (Phi) is 5.63. The summed E-state index contributed by atoms with van der Waals surface area (Å²) in [4.78, 5) is 19.3. The maximum Gasteiger partial charge on any atom is 0.416 e. The Bertz CT molecular complexity index is 619. The molecule has 2 N–H and O–H groups in total. The Balaban J connectivity index is 1.89. The first-order valence-electron chi connectivity index (χ1n) is 8.12. The van der Waals surface area contributed by atoms with Gasteiger partial charge in [-0.2, -0.15) is 13.2 Å². The summed E-state index contributed by atoms with van der Waals surface area (Å²) in [7, 11) is 0. The van der Waals surface area contributed by atoms with Gasteiger partial charge in [-0.25, -0.2) is 4.79 Å². The number of carbonyl (C=O) groups excluding carboxylic acids is 1. The predicted octanol–water partition coefficient (Wildman–Crippen LogP) is 2.91. The fourth-order valence-corrected chi connectivity index (χ4v) is 2.39. The Morgan fingerprint density at radius 3 is 2.24 bits per heavy atom. The number of carbonyl (C=O) groups is 1. The average molecular weight is 359 g/mol. The maximum absolute atomic E-state index is 12.7. The lowest BCUT2D eigenvalue weighted by atomic mass is 9.98. The predicted molar refractivity (Wildman–Crippen MR) is 88.3 cm³/mol. The van der Waals surface area contributed by atoms with Crippen molar-refractivity contribution in [3.8, 4) is 0 Å². The van der Waals surface area contributed by atoms with E-state index in [1.807, 2.05) is 0 Å². The van der Waals surface area contributed by atoms with Crippen molar-refractivity contribution >= 4 is 11.7 Å². The molecule has 8 heteroatoms. The number of hydrogen-bond acceptors (Lipinski definition) is 5. The summed E-state index contributed by atoms with van der Waals surface area (Å²) in [5.41, 5.74) is 5.26. The van der Waals surface area contributed by atoms with Gasteiger partial charge in [0.05, 0.1) is 11.0 Å². The molecule has 1 saturated heterocycles. The minimum Gasteiger partial charge on any atom is -0.398 e. The zero-order chi connectivity index (χ0) is 18.8. The Labute approximate surface area is 145 Å². The SMILES string of the molecule is CC(C)(C)C(=O)ON1CCN(Cc2ccc(C(F)(F)F)cc2N)CC1. The van der Waals surface area contributed by atoms with Crippen LogP contribution < -0.4 is 5.73 Å². The highest BCUT2D eigenvalue weighted by Crippen LogP contribution is 2.31. The second kappa shape index (κ2) is 7.21. The molecule has 0 radical (unpaired) electrons. The van der Waals surface area contributed by atoms with E-state index in [1.54, 1.807) is 25.8 Å². The lowest BCUT2D eigenvalue weighted by Gasteiger charge is -2.34. The van der Waals surface area contributed by atoms with Gasteiger partial charge in [-0.1, -0.05) is 6.07 Å². The van der Waals surface area contributed by atoms with Crippen molar-refractivity contribution in [2.45, 2.75) is 33.5 Å². The van der Waals surface area contributed by atoms with Gasteiger partial charge in [-0.05, 0) is 38.5 Å². The average Bonchev–Trinajstić information content (AvgIpc) is 2.49. The van der Waals surface area contributed by atoms with E-state index in [9.17, 15) is 18.0 Å². The highest BCUT2D eigenvalue weighted by Gasteiger charge is 2.31. The molecule has 0 aliphatic carbocycles. The first-order chi connectivity index (χ1) is 11.5. The molecule has 0 amide bonds. The normalized spacial score (nSPS) is 17.5. The lowest BCUT2D eigenvalue weighted by molar-refractivity contribution is -0.207. The number of anilines is 1. The molecule has 0 atom stereocenters. The van der Waals surface area contributed by atoms with Crippen LogP contribution >= 0.6 is 0 Å². The van der Waals surface area contributed by atoms with Crippen LogP contribution in [0.5, 0.6) is 0 Å². The number of hydrogen-bond donors (Lipinski definition) is 1. The van der Waals surface area contributed by atoms with E-state index in [-0.39, 0.29) is 11.7 Å². The summed E-state index contributed by atoms with van der Waals surface area (Å²) in [5, 5.41) is 1.63. The largest absolute Gasteiger partial charge is 0.416 e. The van der Waals surface area contributed by atoms with Crippen LogP contribution in [0, 0.1) is 5.41 Å². The van der Waals surface area contributed by atoms with Crippen LogP contribution in [0.3, 0.4) is 0 Å². The third kappa shape index (κ3) is 5.34. The van der Waals surface area contributed by atoms with Crippen molar-refractivity contribution < 1.29 is 22.8 Å². The zero-order valence-electron chi connectivity index (χ0n) is 14.7. The molecule has 1 heterocycles. The molecule has 1 aromatic carbocycles. The molecule has 0 bridgehead atoms. The number of nitrogens with zero attached hydrogens (tertiary/aromatic N) is 2. The summed E-state index contributed by atoms with van der Waals surface area (Å²) in [6.45, 7) is 8.20. The van der Waals surface area contributed by atoms with E-state index in [2.05, 4.69) is 4.90 Å². The maximum atomic E-state index is 12.7. The Morgan fingerprint density at radius 2 is 1.76 bits per heavy atom. The van der Waals surface area contributed by atoms with E-state index in [4.69, 9.17) is 10.6 Å². The van der Waals surface area contributed by atoms with Crippen LogP contribution in [-0.4, -0.2) is 42.1 Å². The Morgan fingerprint density at radius 1 is 1.16 bits per heavy atom. The minimum absolute atomic E-state index is 0.136. The monoisotopic (exact) mass is 359 g/mol. The Hall–Kier alpha value is -1.80. The number of halogens is 3. The molecular weight excluding hydrogens is 335 g/mol. The van der Waals surface area contributed by atoms with Gasteiger partial charge in [0.15, 0.2) is 0 Å². The van der Waals surface area contributed by atoms with Gasteiger partial charge in [0.1, 0.15) is 0 Å². The molecular formula is C17H24F3N3O2. The van der Waals surface area contributed by atoms with Crippen LogP contribution in [0.15, 0.2) is 18.2 Å². The molecule has 0 unspecified atom stereocenters.